The molecule has 0 fully saturated rings. The van der Waals surface area contributed by atoms with Crippen LogP contribution in [0.5, 0.6) is 0 Å². The number of nitrogens with zero attached hydrogens (tertiary/aromatic N) is 5. The second kappa shape index (κ2) is 12.0. The van der Waals surface area contributed by atoms with Gasteiger partial charge >= 0.3 is 0 Å². The number of anilines is 1. The molecule has 0 spiro atoms. The molecule has 37 heavy (non-hydrogen) atoms. The van der Waals surface area contributed by atoms with Crippen molar-refractivity contribution in [2.24, 2.45) is 10.2 Å². The summed E-state index contributed by atoms with van der Waals surface area (Å²) in [5.41, 5.74) is 4.96. The van der Waals surface area contributed by atoms with Crippen molar-refractivity contribution in [2.75, 3.05) is 18.5 Å². The highest BCUT2D eigenvalue weighted by atomic mass is 16.5. The Morgan fingerprint density at radius 2 is 1.73 bits per heavy atom. The summed E-state index contributed by atoms with van der Waals surface area (Å²) in [5, 5.41) is 35.4. The lowest BCUT2D eigenvalue weighted by Crippen LogP contribution is -2.20. The van der Waals surface area contributed by atoms with Crippen LogP contribution in [0, 0.1) is 28.1 Å². The summed E-state index contributed by atoms with van der Waals surface area (Å²) in [7, 11) is 2.08. The van der Waals surface area contributed by atoms with Crippen LogP contribution in [0.15, 0.2) is 81.2 Å². The Bertz CT molecular complexity index is 1360. The fraction of sp³-hybridized carbons (Fsp3) is 0.300. The Morgan fingerprint density at radius 1 is 1.05 bits per heavy atom. The molecule has 7 heteroatoms. The Hall–Kier alpha value is -4.49. The molecule has 3 rings (SSSR count). The molecule has 2 aromatic carbocycles. The number of hydrogen-bond donors (Lipinski definition) is 1. The lowest BCUT2D eigenvalue weighted by atomic mass is 9.93. The number of allylic oxidation sites excluding steroid dienone is 2. The van der Waals surface area contributed by atoms with Crippen molar-refractivity contribution < 1.29 is 4.74 Å². The van der Waals surface area contributed by atoms with Crippen LogP contribution in [-0.4, -0.2) is 25.4 Å². The summed E-state index contributed by atoms with van der Waals surface area (Å²) < 4.78 is 5.91. The first-order chi connectivity index (χ1) is 17.8. The van der Waals surface area contributed by atoms with Crippen LogP contribution in [-0.2, 0) is 11.2 Å². The molecule has 1 heterocycles. The summed E-state index contributed by atoms with van der Waals surface area (Å²) in [6.07, 6.45) is 6.61. The average molecular weight is 493 g/mol. The Kier molecular flexibility index (Phi) is 8.77. The standard InChI is InChI=1S/C30H32N6O/c1-6-16-36(5)26-13-11-24(12-14-26)34-35-25-10-8-22(21(7-2)17-25)9-15-28-27(20-33)29(23(18-31)19-32)37-30(28,3)4/h8-15,17-18,31H,6-7,16H2,1-5H3/b15-9+,29-23+,31-18?,35-34+. The lowest BCUT2D eigenvalue weighted by molar-refractivity contribution is 0.0957. The van der Waals surface area contributed by atoms with E-state index in [0.717, 1.165) is 53.8 Å². The van der Waals surface area contributed by atoms with E-state index in [2.05, 4.69) is 54.2 Å². The second-order valence-electron chi connectivity index (χ2n) is 9.22. The highest BCUT2D eigenvalue weighted by molar-refractivity contribution is 5.84. The van der Waals surface area contributed by atoms with Gasteiger partial charge in [-0.25, -0.2) is 0 Å². The van der Waals surface area contributed by atoms with Gasteiger partial charge in [-0.1, -0.05) is 32.1 Å². The molecule has 1 N–H and O–H groups in total. The van der Waals surface area contributed by atoms with Crippen molar-refractivity contribution in [3.63, 3.8) is 0 Å². The minimum Gasteiger partial charge on any atom is -0.480 e. The molecule has 1 aliphatic rings. The number of ether oxygens (including phenoxy) is 1. The molecule has 0 atom stereocenters. The molecular weight excluding hydrogens is 460 g/mol. The maximum atomic E-state index is 9.77. The molecule has 0 unspecified atom stereocenters. The quantitative estimate of drug-likeness (QED) is 0.221. The van der Waals surface area contributed by atoms with Gasteiger partial charge in [-0.15, -0.1) is 0 Å². The zero-order valence-electron chi connectivity index (χ0n) is 22.0. The minimum absolute atomic E-state index is 0.0274. The molecule has 0 radical (unpaired) electrons. The second-order valence-corrected chi connectivity index (χ2v) is 9.22. The van der Waals surface area contributed by atoms with Crippen LogP contribution in [0.4, 0.5) is 17.1 Å². The highest BCUT2D eigenvalue weighted by Crippen LogP contribution is 2.40. The number of rotatable bonds is 9. The molecule has 0 saturated heterocycles. The third kappa shape index (κ3) is 6.20. The summed E-state index contributed by atoms with van der Waals surface area (Å²) in [5.74, 6) is 0.154. The molecule has 0 saturated carbocycles. The monoisotopic (exact) mass is 492 g/mol. The van der Waals surface area contributed by atoms with E-state index < -0.39 is 5.60 Å². The fourth-order valence-electron chi connectivity index (χ4n) is 4.17. The third-order valence-electron chi connectivity index (χ3n) is 6.19. The number of nitrogens with one attached hydrogen (secondary N) is 1. The summed E-state index contributed by atoms with van der Waals surface area (Å²) >= 11 is 0. The Morgan fingerprint density at radius 3 is 2.32 bits per heavy atom. The van der Waals surface area contributed by atoms with Crippen molar-refractivity contribution in [1.82, 2.24) is 0 Å². The predicted octanol–water partition coefficient (Wildman–Crippen LogP) is 7.58. The number of benzene rings is 2. The van der Waals surface area contributed by atoms with E-state index in [1.807, 2.05) is 62.4 Å². The molecule has 1 aliphatic heterocycles. The van der Waals surface area contributed by atoms with Crippen LogP contribution in [0.25, 0.3) is 6.08 Å². The fourth-order valence-corrected chi connectivity index (χ4v) is 4.17. The van der Waals surface area contributed by atoms with Crippen molar-refractivity contribution in [3.8, 4) is 12.1 Å². The molecule has 7 nitrogen and oxygen atoms in total. The van der Waals surface area contributed by atoms with E-state index in [1.54, 1.807) is 0 Å². The lowest BCUT2D eigenvalue weighted by Gasteiger charge is -2.20. The van der Waals surface area contributed by atoms with Crippen LogP contribution < -0.4 is 4.90 Å². The van der Waals surface area contributed by atoms with Gasteiger partial charge in [0.15, 0.2) is 5.76 Å². The SMILES string of the molecule is CCCN(C)c1ccc(/N=N/c2ccc(/C=C/C3=C(C#N)C(=C(\C#N)C=N)/OC3(C)C)c(CC)c2)cc1. The maximum absolute atomic E-state index is 9.77. The topological polar surface area (TPSA) is 109 Å². The van der Waals surface area contributed by atoms with Gasteiger partial charge in [0.2, 0.25) is 0 Å². The molecular formula is C30H32N6O. The van der Waals surface area contributed by atoms with Crippen molar-refractivity contribution in [1.29, 1.82) is 15.9 Å². The van der Waals surface area contributed by atoms with Gasteiger partial charge in [0.1, 0.15) is 28.9 Å². The summed E-state index contributed by atoms with van der Waals surface area (Å²) in [6, 6.07) is 18.0. The largest absolute Gasteiger partial charge is 0.480 e. The first-order valence-corrected chi connectivity index (χ1v) is 12.3. The average Bonchev–Trinajstić information content (AvgIpc) is 3.16. The van der Waals surface area contributed by atoms with E-state index in [9.17, 15) is 10.5 Å². The molecule has 0 bridgehead atoms. The molecule has 2 aromatic rings. The van der Waals surface area contributed by atoms with E-state index in [0.29, 0.717) is 5.57 Å². The first-order valence-electron chi connectivity index (χ1n) is 12.3. The van der Waals surface area contributed by atoms with Gasteiger partial charge in [0.25, 0.3) is 0 Å². The zero-order valence-corrected chi connectivity index (χ0v) is 22.0. The van der Waals surface area contributed by atoms with Gasteiger partial charge in [-0.05, 0) is 74.2 Å². The molecule has 0 aromatic heterocycles. The van der Waals surface area contributed by atoms with E-state index >= 15 is 0 Å². The highest BCUT2D eigenvalue weighted by Gasteiger charge is 2.38. The molecule has 0 aliphatic carbocycles. The molecule has 188 valence electrons. The van der Waals surface area contributed by atoms with Gasteiger partial charge in [0, 0.05) is 31.1 Å². The Labute approximate surface area is 219 Å². The number of azo groups is 1. The van der Waals surface area contributed by atoms with Crippen molar-refractivity contribution >= 4 is 29.4 Å². The van der Waals surface area contributed by atoms with Crippen LogP contribution in [0.3, 0.4) is 0 Å². The number of nitriles is 2. The van der Waals surface area contributed by atoms with E-state index in [1.165, 1.54) is 0 Å². The number of aryl methyl sites for hydroxylation is 1. The zero-order chi connectivity index (χ0) is 27.0. The maximum Gasteiger partial charge on any atom is 0.158 e. The van der Waals surface area contributed by atoms with Crippen LogP contribution >= 0.6 is 0 Å². The van der Waals surface area contributed by atoms with Crippen LogP contribution in [0.2, 0.25) is 0 Å². The molecule has 0 amide bonds. The summed E-state index contributed by atoms with van der Waals surface area (Å²) in [4.78, 5) is 2.21. The minimum atomic E-state index is -0.802. The van der Waals surface area contributed by atoms with Gasteiger partial charge < -0.3 is 15.0 Å². The van der Waals surface area contributed by atoms with Crippen molar-refractivity contribution in [3.05, 3.63) is 82.1 Å². The Balaban J connectivity index is 1.86. The van der Waals surface area contributed by atoms with Gasteiger partial charge in [-0.2, -0.15) is 20.8 Å². The van der Waals surface area contributed by atoms with Gasteiger partial charge in [0.05, 0.1) is 11.4 Å². The van der Waals surface area contributed by atoms with Crippen molar-refractivity contribution in [2.45, 2.75) is 46.1 Å². The van der Waals surface area contributed by atoms with E-state index in [-0.39, 0.29) is 16.9 Å². The van der Waals surface area contributed by atoms with Gasteiger partial charge in [-0.3, -0.25) is 0 Å². The first kappa shape index (κ1) is 27.1. The van der Waals surface area contributed by atoms with E-state index in [4.69, 9.17) is 10.1 Å². The summed E-state index contributed by atoms with van der Waals surface area (Å²) in [6.45, 7) is 8.92. The smallest absolute Gasteiger partial charge is 0.158 e. The third-order valence-corrected chi connectivity index (χ3v) is 6.19. The normalized spacial score (nSPS) is 16.0. The number of hydrogen-bond acceptors (Lipinski definition) is 7. The predicted molar refractivity (Wildman–Crippen MR) is 148 cm³/mol. The van der Waals surface area contributed by atoms with Crippen LogP contribution in [0.1, 0.15) is 45.2 Å².